The number of carbonyl (C=O) groups excluding carboxylic acids is 1. The van der Waals surface area contributed by atoms with Crippen molar-refractivity contribution < 1.29 is 19.2 Å². The second-order valence-electron chi connectivity index (χ2n) is 4.90. The van der Waals surface area contributed by atoms with Gasteiger partial charge in [0.1, 0.15) is 11.5 Å². The number of nitrogens with one attached hydrogen (secondary N) is 1. The Bertz CT molecular complexity index is 795. The summed E-state index contributed by atoms with van der Waals surface area (Å²) in [6.45, 7) is 4.55. The van der Waals surface area contributed by atoms with Gasteiger partial charge in [0, 0.05) is 18.2 Å². The maximum atomic E-state index is 12.5. The molecule has 2 rings (SSSR count). The maximum Gasteiger partial charge on any atom is 0.270 e. The van der Waals surface area contributed by atoms with Crippen LogP contribution in [-0.4, -0.2) is 24.0 Å². The summed E-state index contributed by atoms with van der Waals surface area (Å²) in [6, 6.07) is 8.71. The Kier molecular flexibility index (Phi) is 6.19. The van der Waals surface area contributed by atoms with Gasteiger partial charge < -0.3 is 14.8 Å². The molecule has 132 valence electrons. The summed E-state index contributed by atoms with van der Waals surface area (Å²) in [5, 5.41) is 13.7. The molecule has 1 amide bonds. The first-order valence-electron chi connectivity index (χ1n) is 7.61. The van der Waals surface area contributed by atoms with Crippen molar-refractivity contribution in [2.75, 3.05) is 18.5 Å². The van der Waals surface area contributed by atoms with Crippen LogP contribution in [0.1, 0.15) is 24.2 Å². The normalized spacial score (nSPS) is 10.2. The van der Waals surface area contributed by atoms with E-state index in [1.807, 2.05) is 13.8 Å². The molecule has 0 aliphatic rings. The van der Waals surface area contributed by atoms with Crippen LogP contribution in [0.15, 0.2) is 36.4 Å². The molecule has 0 spiro atoms. The molecule has 0 unspecified atom stereocenters. The van der Waals surface area contributed by atoms with E-state index in [-0.39, 0.29) is 16.3 Å². The van der Waals surface area contributed by atoms with Gasteiger partial charge in [0.05, 0.1) is 34.4 Å². The topological polar surface area (TPSA) is 90.7 Å². The largest absolute Gasteiger partial charge is 0.494 e. The van der Waals surface area contributed by atoms with Crippen LogP contribution in [0, 0.1) is 10.1 Å². The fourth-order valence-electron chi connectivity index (χ4n) is 2.14. The molecule has 0 aromatic heterocycles. The molecule has 8 heteroatoms. The molecular formula is C17H17ClN2O5. The Morgan fingerprint density at radius 3 is 2.52 bits per heavy atom. The van der Waals surface area contributed by atoms with Gasteiger partial charge in [0.25, 0.3) is 11.6 Å². The molecule has 2 aromatic rings. The summed E-state index contributed by atoms with van der Waals surface area (Å²) in [7, 11) is 0. The molecule has 0 saturated heterocycles. The third-order valence-corrected chi connectivity index (χ3v) is 3.55. The zero-order valence-corrected chi connectivity index (χ0v) is 14.5. The maximum absolute atomic E-state index is 12.5. The molecule has 25 heavy (non-hydrogen) atoms. The second-order valence-corrected chi connectivity index (χ2v) is 5.31. The van der Waals surface area contributed by atoms with Crippen LogP contribution in [-0.2, 0) is 0 Å². The number of rotatable bonds is 7. The van der Waals surface area contributed by atoms with E-state index in [9.17, 15) is 14.9 Å². The quantitative estimate of drug-likeness (QED) is 0.584. The minimum absolute atomic E-state index is 0.000119. The van der Waals surface area contributed by atoms with Gasteiger partial charge in [0.15, 0.2) is 0 Å². The SMILES string of the molecule is CCOc1ccc(OCC)c(NC(=O)c2cc([N+](=O)[O-])ccc2Cl)c1. The zero-order valence-electron chi connectivity index (χ0n) is 13.7. The number of amides is 1. The van der Waals surface area contributed by atoms with E-state index in [0.29, 0.717) is 30.4 Å². The lowest BCUT2D eigenvalue weighted by atomic mass is 10.1. The van der Waals surface area contributed by atoms with Crippen LogP contribution in [0.2, 0.25) is 5.02 Å². The molecule has 0 aliphatic heterocycles. The van der Waals surface area contributed by atoms with Crippen LogP contribution < -0.4 is 14.8 Å². The first kappa shape index (κ1) is 18.5. The van der Waals surface area contributed by atoms with E-state index in [0.717, 1.165) is 6.07 Å². The van der Waals surface area contributed by atoms with E-state index in [2.05, 4.69) is 5.32 Å². The summed E-state index contributed by atoms with van der Waals surface area (Å²) in [4.78, 5) is 22.8. The van der Waals surface area contributed by atoms with Crippen molar-refractivity contribution in [2.24, 2.45) is 0 Å². The molecule has 2 aromatic carbocycles. The second kappa shape index (κ2) is 8.34. The highest BCUT2D eigenvalue weighted by Gasteiger charge is 2.18. The lowest BCUT2D eigenvalue weighted by Crippen LogP contribution is -2.14. The molecule has 0 radical (unpaired) electrons. The smallest absolute Gasteiger partial charge is 0.270 e. The Labute approximate surface area is 149 Å². The van der Waals surface area contributed by atoms with Gasteiger partial charge in [0.2, 0.25) is 0 Å². The molecule has 0 fully saturated rings. The number of carbonyl (C=O) groups is 1. The van der Waals surface area contributed by atoms with Crippen molar-refractivity contribution in [2.45, 2.75) is 13.8 Å². The van der Waals surface area contributed by atoms with Gasteiger partial charge in [-0.2, -0.15) is 0 Å². The molecule has 0 heterocycles. The Morgan fingerprint density at radius 2 is 1.88 bits per heavy atom. The van der Waals surface area contributed by atoms with E-state index in [4.69, 9.17) is 21.1 Å². The van der Waals surface area contributed by atoms with Gasteiger partial charge in [-0.1, -0.05) is 11.6 Å². The first-order chi connectivity index (χ1) is 12.0. The first-order valence-corrected chi connectivity index (χ1v) is 7.99. The van der Waals surface area contributed by atoms with Gasteiger partial charge in [-0.05, 0) is 32.0 Å². The monoisotopic (exact) mass is 364 g/mol. The van der Waals surface area contributed by atoms with Crippen LogP contribution in [0.25, 0.3) is 0 Å². The van der Waals surface area contributed by atoms with Crippen molar-refractivity contribution in [1.29, 1.82) is 0 Å². The minimum atomic E-state index is -0.589. The molecule has 0 aliphatic carbocycles. The van der Waals surface area contributed by atoms with Crippen molar-refractivity contribution in [3.8, 4) is 11.5 Å². The minimum Gasteiger partial charge on any atom is -0.494 e. The summed E-state index contributed by atoms with van der Waals surface area (Å²) >= 11 is 6.00. The number of nitro benzene ring substituents is 1. The lowest BCUT2D eigenvalue weighted by molar-refractivity contribution is -0.384. The summed E-state index contributed by atoms with van der Waals surface area (Å²) in [5.41, 5.74) is 0.170. The standard InChI is InChI=1S/C17H17ClN2O5/c1-3-24-12-6-8-16(25-4-2)15(10-12)19-17(21)13-9-11(20(22)23)5-7-14(13)18/h5-10H,3-4H2,1-2H3,(H,19,21). The highest BCUT2D eigenvalue weighted by Crippen LogP contribution is 2.31. The van der Waals surface area contributed by atoms with Gasteiger partial charge in [-0.15, -0.1) is 0 Å². The number of halogens is 1. The lowest BCUT2D eigenvalue weighted by Gasteiger charge is -2.14. The third-order valence-electron chi connectivity index (χ3n) is 3.22. The third kappa shape index (κ3) is 4.60. The van der Waals surface area contributed by atoms with Crippen LogP contribution in [0.4, 0.5) is 11.4 Å². The van der Waals surface area contributed by atoms with E-state index in [1.165, 1.54) is 12.1 Å². The van der Waals surface area contributed by atoms with Crippen molar-refractivity contribution in [1.82, 2.24) is 0 Å². The summed E-state index contributed by atoms with van der Waals surface area (Å²) in [5.74, 6) is 0.440. The molecule has 0 saturated carbocycles. The number of anilines is 1. The van der Waals surface area contributed by atoms with E-state index in [1.54, 1.807) is 18.2 Å². The van der Waals surface area contributed by atoms with E-state index < -0.39 is 10.8 Å². The number of nitro groups is 1. The molecular weight excluding hydrogens is 348 g/mol. The van der Waals surface area contributed by atoms with Crippen LogP contribution in [0.3, 0.4) is 0 Å². The zero-order chi connectivity index (χ0) is 18.4. The fourth-order valence-corrected chi connectivity index (χ4v) is 2.34. The van der Waals surface area contributed by atoms with E-state index >= 15 is 0 Å². The average Bonchev–Trinajstić information content (AvgIpc) is 2.57. The van der Waals surface area contributed by atoms with Crippen molar-refractivity contribution in [3.05, 3.63) is 57.1 Å². The van der Waals surface area contributed by atoms with Gasteiger partial charge in [-0.3, -0.25) is 14.9 Å². The molecule has 7 nitrogen and oxygen atoms in total. The summed E-state index contributed by atoms with van der Waals surface area (Å²) < 4.78 is 10.9. The molecule has 1 N–H and O–H groups in total. The highest BCUT2D eigenvalue weighted by molar-refractivity contribution is 6.34. The number of hydrogen-bond donors (Lipinski definition) is 1. The molecule has 0 atom stereocenters. The highest BCUT2D eigenvalue weighted by atomic mass is 35.5. The van der Waals surface area contributed by atoms with Crippen LogP contribution >= 0.6 is 11.6 Å². The Hall–Kier alpha value is -2.80. The van der Waals surface area contributed by atoms with Crippen LogP contribution in [0.5, 0.6) is 11.5 Å². The average molecular weight is 365 g/mol. The number of hydrogen-bond acceptors (Lipinski definition) is 5. The van der Waals surface area contributed by atoms with Crippen molar-refractivity contribution in [3.63, 3.8) is 0 Å². The van der Waals surface area contributed by atoms with Gasteiger partial charge in [-0.25, -0.2) is 0 Å². The predicted octanol–water partition coefficient (Wildman–Crippen LogP) is 4.30. The number of non-ortho nitro benzene ring substituents is 1. The van der Waals surface area contributed by atoms with Gasteiger partial charge >= 0.3 is 0 Å². The Balaban J connectivity index is 2.34. The number of benzene rings is 2. The predicted molar refractivity (Wildman–Crippen MR) is 94.8 cm³/mol. The number of ether oxygens (including phenoxy) is 2. The number of nitrogens with zero attached hydrogens (tertiary/aromatic N) is 1. The van der Waals surface area contributed by atoms with Crippen molar-refractivity contribution >= 4 is 28.9 Å². The molecule has 0 bridgehead atoms. The Morgan fingerprint density at radius 1 is 1.16 bits per heavy atom. The summed E-state index contributed by atoms with van der Waals surface area (Å²) in [6.07, 6.45) is 0. The fraction of sp³-hybridized carbons (Fsp3) is 0.235.